The lowest BCUT2D eigenvalue weighted by Crippen LogP contribution is -2.05. The molecule has 1 aromatic carbocycles. The van der Waals surface area contributed by atoms with E-state index in [1.807, 2.05) is 26.0 Å². The Bertz CT molecular complexity index is 385. The molecule has 0 saturated carbocycles. The number of hydrogen-bond acceptors (Lipinski definition) is 3. The number of carbonyl (C=O) groups is 1. The van der Waals surface area contributed by atoms with Gasteiger partial charge in [-0.1, -0.05) is 19.1 Å². The normalized spacial score (nSPS) is 11.9. The highest BCUT2D eigenvalue weighted by Gasteiger charge is 2.10. The van der Waals surface area contributed by atoms with Crippen LogP contribution < -0.4 is 0 Å². The van der Waals surface area contributed by atoms with Crippen LogP contribution in [0.15, 0.2) is 18.2 Å². The molecule has 0 aliphatic carbocycles. The lowest BCUT2D eigenvalue weighted by molar-refractivity contribution is 0.0600. The second kappa shape index (κ2) is 4.73. The zero-order valence-electron chi connectivity index (χ0n) is 9.20. The number of hydrogen-bond donors (Lipinski definition) is 1. The van der Waals surface area contributed by atoms with E-state index < -0.39 is 0 Å². The van der Waals surface area contributed by atoms with Crippen LogP contribution >= 0.6 is 0 Å². The Balaban J connectivity index is 3.08. The van der Waals surface area contributed by atoms with Gasteiger partial charge in [0.1, 0.15) is 0 Å². The number of aryl methyl sites for hydroxylation is 1. The third kappa shape index (κ3) is 2.43. The van der Waals surface area contributed by atoms with Gasteiger partial charge in [-0.05, 0) is 24.1 Å². The Morgan fingerprint density at radius 2 is 2.20 bits per heavy atom. The highest BCUT2D eigenvalue weighted by atomic mass is 16.5. The van der Waals surface area contributed by atoms with Crippen LogP contribution in [0.2, 0.25) is 0 Å². The Hall–Kier alpha value is -1.64. The summed E-state index contributed by atoms with van der Waals surface area (Å²) in [5, 5.41) is 7.17. The van der Waals surface area contributed by atoms with Crippen molar-refractivity contribution < 1.29 is 9.53 Å². The molecule has 0 fully saturated rings. The van der Waals surface area contributed by atoms with E-state index in [1.54, 1.807) is 6.07 Å². The molecule has 1 aromatic rings. The van der Waals surface area contributed by atoms with Gasteiger partial charge in [-0.2, -0.15) is 0 Å². The number of methoxy groups -OCH3 is 1. The first-order chi connectivity index (χ1) is 7.10. The number of nitrogens with one attached hydrogen (secondary N) is 1. The second-order valence-electron chi connectivity index (χ2n) is 3.52. The van der Waals surface area contributed by atoms with Crippen LogP contribution in [0.25, 0.3) is 0 Å². The van der Waals surface area contributed by atoms with Crippen LogP contribution in [-0.2, 0) is 4.74 Å². The summed E-state index contributed by atoms with van der Waals surface area (Å²) in [4.78, 5) is 11.3. The van der Waals surface area contributed by atoms with Gasteiger partial charge >= 0.3 is 5.97 Å². The molecule has 1 unspecified atom stereocenters. The summed E-state index contributed by atoms with van der Waals surface area (Å²) in [5.41, 5.74) is 2.50. The largest absolute Gasteiger partial charge is 0.465 e. The minimum atomic E-state index is -0.318. The first-order valence-electron chi connectivity index (χ1n) is 4.79. The number of benzene rings is 1. The molecule has 0 heterocycles. The van der Waals surface area contributed by atoms with Crippen molar-refractivity contribution in [2.45, 2.75) is 19.8 Å². The molecule has 1 atom stereocenters. The summed E-state index contributed by atoms with van der Waals surface area (Å²) in [6.45, 7) is 3.81. The summed E-state index contributed by atoms with van der Waals surface area (Å²) in [6, 6.07) is 5.52. The molecule has 0 saturated heterocycles. The van der Waals surface area contributed by atoms with Gasteiger partial charge in [0, 0.05) is 12.1 Å². The smallest absolute Gasteiger partial charge is 0.338 e. The van der Waals surface area contributed by atoms with Crippen molar-refractivity contribution in [2.75, 3.05) is 7.11 Å². The topological polar surface area (TPSA) is 50.2 Å². The van der Waals surface area contributed by atoms with Gasteiger partial charge in [0.15, 0.2) is 0 Å². The molecule has 3 heteroatoms. The van der Waals surface area contributed by atoms with Crippen LogP contribution in [0.3, 0.4) is 0 Å². The van der Waals surface area contributed by atoms with E-state index in [-0.39, 0.29) is 11.9 Å². The van der Waals surface area contributed by atoms with Crippen molar-refractivity contribution in [2.24, 2.45) is 0 Å². The maximum absolute atomic E-state index is 11.3. The number of ether oxygens (including phenoxy) is 1. The molecule has 0 aliphatic rings. The predicted octanol–water partition coefficient (Wildman–Crippen LogP) is 2.53. The number of rotatable bonds is 3. The molecule has 0 radical (unpaired) electrons. The van der Waals surface area contributed by atoms with Crippen molar-refractivity contribution in [1.82, 2.24) is 0 Å². The summed E-state index contributed by atoms with van der Waals surface area (Å²) in [6.07, 6.45) is 1.38. The van der Waals surface area contributed by atoms with Crippen molar-refractivity contribution in [3.8, 4) is 0 Å². The summed E-state index contributed by atoms with van der Waals surface area (Å²) in [5.74, 6) is -0.239. The Morgan fingerprint density at radius 3 is 2.67 bits per heavy atom. The Kier molecular flexibility index (Phi) is 3.61. The van der Waals surface area contributed by atoms with E-state index in [0.717, 1.165) is 11.1 Å². The minimum Gasteiger partial charge on any atom is -0.465 e. The summed E-state index contributed by atoms with van der Waals surface area (Å²) in [7, 11) is 1.37. The average Bonchev–Trinajstić information content (AvgIpc) is 2.26. The lowest BCUT2D eigenvalue weighted by atomic mass is 9.97. The monoisotopic (exact) mass is 205 g/mol. The van der Waals surface area contributed by atoms with Gasteiger partial charge in [0.25, 0.3) is 0 Å². The van der Waals surface area contributed by atoms with Gasteiger partial charge in [0.2, 0.25) is 0 Å². The van der Waals surface area contributed by atoms with Crippen LogP contribution in [0, 0.1) is 12.3 Å². The fraction of sp³-hybridized carbons (Fsp3) is 0.333. The lowest BCUT2D eigenvalue weighted by Gasteiger charge is -2.09. The van der Waals surface area contributed by atoms with Crippen molar-refractivity contribution in [3.63, 3.8) is 0 Å². The zero-order chi connectivity index (χ0) is 11.4. The van der Waals surface area contributed by atoms with E-state index in [1.165, 1.54) is 13.3 Å². The van der Waals surface area contributed by atoms with Crippen LogP contribution in [0.1, 0.15) is 34.3 Å². The molecule has 1 N–H and O–H groups in total. The predicted molar refractivity (Wildman–Crippen MR) is 59.7 cm³/mol. The molecular formula is C12H15NO2. The first-order valence-corrected chi connectivity index (χ1v) is 4.79. The van der Waals surface area contributed by atoms with Gasteiger partial charge in [-0.25, -0.2) is 4.79 Å². The van der Waals surface area contributed by atoms with E-state index >= 15 is 0 Å². The van der Waals surface area contributed by atoms with Crippen LogP contribution in [0.5, 0.6) is 0 Å². The molecule has 0 bridgehead atoms. The molecule has 3 nitrogen and oxygen atoms in total. The van der Waals surface area contributed by atoms with E-state index in [9.17, 15) is 4.79 Å². The maximum atomic E-state index is 11.3. The fourth-order valence-electron chi connectivity index (χ4n) is 1.41. The fourth-order valence-corrected chi connectivity index (χ4v) is 1.41. The van der Waals surface area contributed by atoms with Crippen molar-refractivity contribution in [3.05, 3.63) is 34.9 Å². The van der Waals surface area contributed by atoms with Gasteiger partial charge in [-0.15, -0.1) is 0 Å². The van der Waals surface area contributed by atoms with Crippen LogP contribution in [0.4, 0.5) is 0 Å². The SMILES string of the molecule is COC(=O)c1ccc(C(C)C=N)cc1C. The molecule has 0 amide bonds. The third-order valence-corrected chi connectivity index (χ3v) is 2.43. The molecule has 0 spiro atoms. The third-order valence-electron chi connectivity index (χ3n) is 2.43. The van der Waals surface area contributed by atoms with Gasteiger partial charge in [0.05, 0.1) is 12.7 Å². The first kappa shape index (κ1) is 11.4. The van der Waals surface area contributed by atoms with E-state index in [4.69, 9.17) is 5.41 Å². The number of carbonyl (C=O) groups excluding carboxylic acids is 1. The zero-order valence-corrected chi connectivity index (χ0v) is 9.20. The van der Waals surface area contributed by atoms with Crippen molar-refractivity contribution in [1.29, 1.82) is 5.41 Å². The number of esters is 1. The van der Waals surface area contributed by atoms with Crippen molar-refractivity contribution >= 4 is 12.2 Å². The van der Waals surface area contributed by atoms with Crippen LogP contribution in [-0.4, -0.2) is 19.3 Å². The van der Waals surface area contributed by atoms with E-state index in [0.29, 0.717) is 5.56 Å². The quantitative estimate of drug-likeness (QED) is 0.609. The highest BCUT2D eigenvalue weighted by Crippen LogP contribution is 2.18. The van der Waals surface area contributed by atoms with E-state index in [2.05, 4.69) is 4.74 Å². The molecule has 1 rings (SSSR count). The second-order valence-corrected chi connectivity index (χ2v) is 3.52. The molecule has 80 valence electrons. The maximum Gasteiger partial charge on any atom is 0.338 e. The Morgan fingerprint density at radius 1 is 1.53 bits per heavy atom. The van der Waals surface area contributed by atoms with Gasteiger partial charge in [-0.3, -0.25) is 0 Å². The summed E-state index contributed by atoms with van der Waals surface area (Å²) < 4.78 is 4.66. The van der Waals surface area contributed by atoms with Gasteiger partial charge < -0.3 is 10.1 Å². The highest BCUT2D eigenvalue weighted by molar-refractivity contribution is 5.91. The molecular weight excluding hydrogens is 190 g/mol. The standard InChI is InChI=1S/C12H15NO2/c1-8-6-10(9(2)7-13)4-5-11(8)12(14)15-3/h4-7,9,13H,1-3H3. The minimum absolute atomic E-state index is 0.0791. The molecule has 15 heavy (non-hydrogen) atoms. The Labute approximate surface area is 89.6 Å². The summed E-state index contributed by atoms with van der Waals surface area (Å²) >= 11 is 0. The molecule has 0 aromatic heterocycles. The molecule has 0 aliphatic heterocycles. The average molecular weight is 205 g/mol.